The van der Waals surface area contributed by atoms with Gasteiger partial charge in [-0.15, -0.1) is 0 Å². The average molecular weight is 338 g/mol. The van der Waals surface area contributed by atoms with Crippen LogP contribution >= 0.6 is 12.2 Å². The van der Waals surface area contributed by atoms with E-state index in [1.54, 1.807) is 32.4 Å². The van der Waals surface area contributed by atoms with Crippen LogP contribution in [0.1, 0.15) is 0 Å². The smallest absolute Gasteiger partial charge is 0.157 e. The van der Waals surface area contributed by atoms with Crippen LogP contribution in [-0.2, 0) is 0 Å². The van der Waals surface area contributed by atoms with Gasteiger partial charge < -0.3 is 13.9 Å². The molecule has 0 saturated heterocycles. The summed E-state index contributed by atoms with van der Waals surface area (Å²) in [4.78, 5) is 0. The molecule has 6 heteroatoms. The van der Waals surface area contributed by atoms with E-state index in [4.69, 9.17) is 26.1 Å². The Kier molecular flexibility index (Phi) is 3.46. The number of methoxy groups -OCH3 is 2. The summed E-state index contributed by atoms with van der Waals surface area (Å²) >= 11 is 5.55. The first-order valence-corrected chi connectivity index (χ1v) is 7.75. The van der Waals surface area contributed by atoms with Crippen molar-refractivity contribution in [2.75, 3.05) is 14.2 Å². The van der Waals surface area contributed by atoms with Crippen LogP contribution in [0.5, 0.6) is 11.5 Å². The summed E-state index contributed by atoms with van der Waals surface area (Å²) in [6.07, 6.45) is 0. The number of para-hydroxylation sites is 1. The molecule has 0 atom stereocenters. The van der Waals surface area contributed by atoms with Crippen molar-refractivity contribution in [3.05, 3.63) is 47.0 Å². The first-order valence-electron chi connectivity index (χ1n) is 7.34. The number of fused-ring (bicyclic) bond motifs is 2. The Bertz CT molecular complexity index is 1110. The van der Waals surface area contributed by atoms with Gasteiger partial charge in [-0.2, -0.15) is 5.10 Å². The molecular weight excluding hydrogens is 324 g/mol. The molecule has 5 nitrogen and oxygen atoms in total. The highest BCUT2D eigenvalue weighted by Crippen LogP contribution is 2.36. The van der Waals surface area contributed by atoms with Crippen molar-refractivity contribution in [3.8, 4) is 23.0 Å². The molecule has 0 spiro atoms. The molecule has 0 unspecified atom stereocenters. The summed E-state index contributed by atoms with van der Waals surface area (Å²) in [6, 6.07) is 13.3. The van der Waals surface area contributed by atoms with E-state index < -0.39 is 0 Å². The first kappa shape index (κ1) is 14.7. The molecule has 4 rings (SSSR count). The van der Waals surface area contributed by atoms with Crippen LogP contribution < -0.4 is 9.47 Å². The maximum absolute atomic E-state index is 6.07. The largest absolute Gasteiger partial charge is 0.496 e. The molecule has 0 aliphatic carbocycles. The molecule has 0 radical (unpaired) electrons. The van der Waals surface area contributed by atoms with E-state index in [1.807, 2.05) is 24.3 Å². The lowest BCUT2D eigenvalue weighted by molar-refractivity contribution is 0.396. The SMILES string of the molecule is COc1cc(OC)c2c(=S)cc(-c3n[nH]c4ccccc34)oc2c1. The zero-order chi connectivity index (χ0) is 16.7. The molecule has 0 saturated carbocycles. The number of nitrogens with one attached hydrogen (secondary N) is 1. The van der Waals surface area contributed by atoms with Gasteiger partial charge in [-0.1, -0.05) is 30.4 Å². The van der Waals surface area contributed by atoms with Crippen LogP contribution in [0.4, 0.5) is 0 Å². The molecule has 0 bridgehead atoms. The molecule has 0 aliphatic heterocycles. The summed E-state index contributed by atoms with van der Waals surface area (Å²) in [5.41, 5.74) is 2.26. The number of benzene rings is 2. The first-order chi connectivity index (χ1) is 11.7. The minimum absolute atomic E-state index is 0.597. The van der Waals surface area contributed by atoms with Gasteiger partial charge in [-0.3, -0.25) is 5.10 Å². The Labute approximate surface area is 142 Å². The molecule has 0 amide bonds. The van der Waals surface area contributed by atoms with E-state index in [9.17, 15) is 0 Å². The van der Waals surface area contributed by atoms with Crippen LogP contribution in [0, 0.1) is 4.51 Å². The zero-order valence-corrected chi connectivity index (χ0v) is 13.9. The van der Waals surface area contributed by atoms with E-state index in [0.717, 1.165) is 22.0 Å². The molecule has 2 aromatic heterocycles. The van der Waals surface area contributed by atoms with Crippen molar-refractivity contribution < 1.29 is 13.9 Å². The predicted molar refractivity (Wildman–Crippen MR) is 95.2 cm³/mol. The third-order valence-electron chi connectivity index (χ3n) is 3.93. The maximum Gasteiger partial charge on any atom is 0.157 e. The van der Waals surface area contributed by atoms with E-state index in [0.29, 0.717) is 27.4 Å². The summed E-state index contributed by atoms with van der Waals surface area (Å²) in [5, 5.41) is 9.10. The Morgan fingerprint density at radius 2 is 1.92 bits per heavy atom. The van der Waals surface area contributed by atoms with Crippen LogP contribution in [0.15, 0.2) is 46.9 Å². The fourth-order valence-corrected chi connectivity index (χ4v) is 3.08. The van der Waals surface area contributed by atoms with E-state index in [2.05, 4.69) is 10.2 Å². The monoisotopic (exact) mass is 338 g/mol. The van der Waals surface area contributed by atoms with Gasteiger partial charge >= 0.3 is 0 Å². The van der Waals surface area contributed by atoms with Crippen LogP contribution in [0.2, 0.25) is 0 Å². The molecule has 120 valence electrons. The van der Waals surface area contributed by atoms with Crippen molar-refractivity contribution in [2.24, 2.45) is 0 Å². The lowest BCUT2D eigenvalue weighted by Crippen LogP contribution is -1.90. The molecule has 0 fully saturated rings. The lowest BCUT2D eigenvalue weighted by Gasteiger charge is -2.09. The zero-order valence-electron chi connectivity index (χ0n) is 13.1. The van der Waals surface area contributed by atoms with Crippen LogP contribution in [0.3, 0.4) is 0 Å². The fourth-order valence-electron chi connectivity index (χ4n) is 2.78. The Balaban J connectivity index is 2.03. The van der Waals surface area contributed by atoms with Gasteiger partial charge in [-0.05, 0) is 6.07 Å². The van der Waals surface area contributed by atoms with E-state index >= 15 is 0 Å². The maximum atomic E-state index is 6.07. The predicted octanol–water partition coefficient (Wildman–Crippen LogP) is 4.72. The number of nitrogens with zero attached hydrogens (tertiary/aromatic N) is 1. The highest BCUT2D eigenvalue weighted by molar-refractivity contribution is 7.71. The summed E-state index contributed by atoms with van der Waals surface area (Å²) in [6.45, 7) is 0. The average Bonchev–Trinajstić information content (AvgIpc) is 3.04. The standard InChI is InChI=1S/C18H14N2O3S/c1-21-10-7-13(22-2)17-14(8-10)23-15(9-16(17)24)18-11-5-3-4-6-12(11)19-20-18/h3-9H,1-2H3,(H,19,20). The quantitative estimate of drug-likeness (QED) is 0.548. The second-order valence-corrected chi connectivity index (χ2v) is 5.74. The van der Waals surface area contributed by atoms with E-state index in [1.165, 1.54) is 0 Å². The number of rotatable bonds is 3. The van der Waals surface area contributed by atoms with Crippen molar-refractivity contribution in [1.29, 1.82) is 0 Å². The number of hydrogen-bond acceptors (Lipinski definition) is 5. The number of hydrogen-bond donors (Lipinski definition) is 1. The van der Waals surface area contributed by atoms with Crippen molar-refractivity contribution in [1.82, 2.24) is 10.2 Å². The van der Waals surface area contributed by atoms with Crippen molar-refractivity contribution >= 4 is 34.1 Å². The molecule has 0 aliphatic rings. The number of ether oxygens (including phenoxy) is 2. The van der Waals surface area contributed by atoms with Gasteiger partial charge in [0.25, 0.3) is 0 Å². The minimum Gasteiger partial charge on any atom is -0.496 e. The Morgan fingerprint density at radius 1 is 1.08 bits per heavy atom. The number of aromatic nitrogens is 2. The summed E-state index contributed by atoms with van der Waals surface area (Å²) < 4.78 is 17.4. The van der Waals surface area contributed by atoms with Crippen LogP contribution in [-0.4, -0.2) is 24.4 Å². The highest BCUT2D eigenvalue weighted by Gasteiger charge is 2.15. The number of aromatic amines is 1. The molecular formula is C18H14N2O3S. The van der Waals surface area contributed by atoms with E-state index in [-0.39, 0.29) is 0 Å². The van der Waals surface area contributed by atoms with Crippen molar-refractivity contribution in [3.63, 3.8) is 0 Å². The molecule has 4 aromatic rings. The van der Waals surface area contributed by atoms with Crippen LogP contribution in [0.25, 0.3) is 33.3 Å². The topological polar surface area (TPSA) is 60.3 Å². The van der Waals surface area contributed by atoms with Gasteiger partial charge in [0, 0.05) is 23.6 Å². The Morgan fingerprint density at radius 3 is 2.71 bits per heavy atom. The highest BCUT2D eigenvalue weighted by atomic mass is 32.1. The molecule has 2 aromatic carbocycles. The summed E-state index contributed by atoms with van der Waals surface area (Å²) in [5.74, 6) is 1.86. The fraction of sp³-hybridized carbons (Fsp3) is 0.111. The normalized spacial score (nSPS) is 11.1. The number of H-pyrrole nitrogens is 1. The second-order valence-electron chi connectivity index (χ2n) is 5.30. The minimum atomic E-state index is 0.597. The Hall–Kier alpha value is -2.86. The van der Waals surface area contributed by atoms with Crippen molar-refractivity contribution in [2.45, 2.75) is 0 Å². The van der Waals surface area contributed by atoms with Gasteiger partial charge in [0.2, 0.25) is 0 Å². The third kappa shape index (κ3) is 2.23. The van der Waals surface area contributed by atoms with Gasteiger partial charge in [-0.25, -0.2) is 0 Å². The molecule has 24 heavy (non-hydrogen) atoms. The van der Waals surface area contributed by atoms with Gasteiger partial charge in [0.15, 0.2) is 5.76 Å². The molecule has 2 heterocycles. The summed E-state index contributed by atoms with van der Waals surface area (Å²) in [7, 11) is 3.19. The molecule has 1 N–H and O–H groups in total. The second kappa shape index (κ2) is 5.65. The van der Waals surface area contributed by atoms with Gasteiger partial charge in [0.1, 0.15) is 22.8 Å². The third-order valence-corrected chi connectivity index (χ3v) is 4.25. The lowest BCUT2D eigenvalue weighted by atomic mass is 10.1. The van der Waals surface area contributed by atoms with Gasteiger partial charge in [0.05, 0.1) is 29.6 Å².